The van der Waals surface area contributed by atoms with Crippen molar-refractivity contribution in [2.75, 3.05) is 20.8 Å². The molecule has 0 radical (unpaired) electrons. The Balaban J connectivity index is 1.84. The first kappa shape index (κ1) is 22.8. The van der Waals surface area contributed by atoms with Crippen molar-refractivity contribution in [3.63, 3.8) is 0 Å². The number of carbonyl (C=O) groups is 1. The second kappa shape index (κ2) is 9.61. The number of H-pyrrole nitrogens is 1. The molecule has 0 saturated heterocycles. The number of fused-ring (bicyclic) bond motifs is 1. The van der Waals surface area contributed by atoms with E-state index < -0.39 is 5.91 Å². The zero-order valence-corrected chi connectivity index (χ0v) is 19.3. The number of ether oxygens (including phenoxy) is 2. The van der Waals surface area contributed by atoms with E-state index in [0.717, 1.165) is 0 Å². The van der Waals surface area contributed by atoms with Crippen LogP contribution >= 0.6 is 0 Å². The van der Waals surface area contributed by atoms with Gasteiger partial charge in [0.1, 0.15) is 22.9 Å². The first-order valence-corrected chi connectivity index (χ1v) is 10.7. The highest BCUT2D eigenvalue weighted by molar-refractivity contribution is 6.33. The summed E-state index contributed by atoms with van der Waals surface area (Å²) < 4.78 is 10.7. The van der Waals surface area contributed by atoms with Gasteiger partial charge in [0.25, 0.3) is 5.91 Å². The maximum absolute atomic E-state index is 13.3. The number of amides is 1. The van der Waals surface area contributed by atoms with Crippen LogP contribution in [0.2, 0.25) is 0 Å². The topological polar surface area (TPSA) is 150 Å². The summed E-state index contributed by atoms with van der Waals surface area (Å²) in [6.07, 6.45) is 4.90. The number of benzene rings is 1. The van der Waals surface area contributed by atoms with Gasteiger partial charge in [-0.05, 0) is 19.9 Å². The molecule has 11 heteroatoms. The van der Waals surface area contributed by atoms with Crippen molar-refractivity contribution in [3.8, 4) is 11.5 Å². The van der Waals surface area contributed by atoms with E-state index in [9.17, 15) is 4.79 Å². The summed E-state index contributed by atoms with van der Waals surface area (Å²) in [6.45, 7) is 4.44. The van der Waals surface area contributed by atoms with Crippen LogP contribution in [0.15, 0.2) is 48.2 Å². The quantitative estimate of drug-likeness (QED) is 0.341. The second-order valence-corrected chi connectivity index (χ2v) is 7.48. The van der Waals surface area contributed by atoms with Crippen molar-refractivity contribution in [2.24, 2.45) is 0 Å². The third-order valence-electron chi connectivity index (χ3n) is 5.25. The van der Waals surface area contributed by atoms with Crippen LogP contribution < -0.4 is 25.4 Å². The molecule has 0 saturated carbocycles. The molecule has 1 aromatic carbocycles. The first-order chi connectivity index (χ1) is 16.5. The summed E-state index contributed by atoms with van der Waals surface area (Å²) in [4.78, 5) is 29.6. The number of aromatic amines is 1. The third-order valence-corrected chi connectivity index (χ3v) is 5.25. The van der Waals surface area contributed by atoms with Gasteiger partial charge in [-0.1, -0.05) is 0 Å². The SMILES string of the molecule is CCN/C=C1/NC(=O)C(c2nc3cc(OC)c(OC)cc3[nH]2)=C(NC(C)c2ncccn2)C1=N. The Bertz CT molecular complexity index is 1260. The van der Waals surface area contributed by atoms with Crippen molar-refractivity contribution >= 4 is 28.2 Å². The van der Waals surface area contributed by atoms with Gasteiger partial charge >= 0.3 is 0 Å². The summed E-state index contributed by atoms with van der Waals surface area (Å²) in [5.41, 5.74) is 2.22. The summed E-state index contributed by atoms with van der Waals surface area (Å²) in [6, 6.07) is 4.83. The molecule has 4 rings (SSSR count). The molecule has 1 unspecified atom stereocenters. The lowest BCUT2D eigenvalue weighted by atomic mass is 10.0. The van der Waals surface area contributed by atoms with E-state index in [2.05, 4.69) is 35.9 Å². The summed E-state index contributed by atoms with van der Waals surface area (Å²) in [5, 5.41) is 17.9. The minimum atomic E-state index is -0.401. The van der Waals surface area contributed by atoms with Gasteiger partial charge in [0.05, 0.1) is 42.7 Å². The molecule has 0 aliphatic carbocycles. The Morgan fingerprint density at radius 1 is 1.18 bits per heavy atom. The number of nitrogens with zero attached hydrogens (tertiary/aromatic N) is 3. The molecule has 0 bridgehead atoms. The second-order valence-electron chi connectivity index (χ2n) is 7.48. The Morgan fingerprint density at radius 3 is 2.56 bits per heavy atom. The summed E-state index contributed by atoms with van der Waals surface area (Å²) in [5.74, 6) is 1.49. The normalized spacial score (nSPS) is 15.9. The predicted octanol–water partition coefficient (Wildman–Crippen LogP) is 2.03. The highest BCUT2D eigenvalue weighted by Gasteiger charge is 2.32. The number of imidazole rings is 1. The number of methoxy groups -OCH3 is 2. The van der Waals surface area contributed by atoms with E-state index in [-0.39, 0.29) is 17.3 Å². The van der Waals surface area contributed by atoms with E-state index in [4.69, 9.17) is 14.9 Å². The minimum Gasteiger partial charge on any atom is -0.493 e. The third kappa shape index (κ3) is 4.27. The fourth-order valence-corrected chi connectivity index (χ4v) is 3.57. The number of hydrogen-bond donors (Lipinski definition) is 5. The van der Waals surface area contributed by atoms with Crippen LogP contribution in [0.1, 0.15) is 31.5 Å². The molecule has 5 N–H and O–H groups in total. The van der Waals surface area contributed by atoms with Crippen molar-refractivity contribution in [1.82, 2.24) is 35.9 Å². The molecule has 1 aliphatic heterocycles. The highest BCUT2D eigenvalue weighted by atomic mass is 16.5. The smallest absolute Gasteiger partial charge is 0.261 e. The average Bonchev–Trinajstić information content (AvgIpc) is 3.26. The van der Waals surface area contributed by atoms with Gasteiger partial charge in [0.15, 0.2) is 11.5 Å². The van der Waals surface area contributed by atoms with Crippen LogP contribution in [0.4, 0.5) is 0 Å². The zero-order chi connectivity index (χ0) is 24.2. The van der Waals surface area contributed by atoms with E-state index in [1.165, 1.54) is 0 Å². The number of aromatic nitrogens is 4. The largest absolute Gasteiger partial charge is 0.493 e. The van der Waals surface area contributed by atoms with Gasteiger partial charge in [0, 0.05) is 37.3 Å². The van der Waals surface area contributed by atoms with Crippen molar-refractivity contribution < 1.29 is 14.3 Å². The van der Waals surface area contributed by atoms with Crippen LogP contribution in [0.25, 0.3) is 16.6 Å². The molecule has 0 spiro atoms. The van der Waals surface area contributed by atoms with Gasteiger partial charge < -0.3 is 30.4 Å². The number of nitrogens with one attached hydrogen (secondary N) is 5. The summed E-state index contributed by atoms with van der Waals surface area (Å²) in [7, 11) is 3.09. The van der Waals surface area contributed by atoms with E-state index in [0.29, 0.717) is 52.1 Å². The van der Waals surface area contributed by atoms with Gasteiger partial charge in [-0.25, -0.2) is 15.0 Å². The standard InChI is InChI=1S/C23H26N8O3/c1-5-25-11-15-19(24)20(28-12(2)21-26-7-6-8-27-21)18(23(32)31-15)22-29-13-9-16(33-3)17(34-4)10-14(13)30-22/h6-12,24-25,28H,5H2,1-4H3,(H,29,30)(H,31,32)/b15-11+,24-19?. The fourth-order valence-electron chi connectivity index (χ4n) is 3.57. The Labute approximate surface area is 196 Å². The summed E-state index contributed by atoms with van der Waals surface area (Å²) >= 11 is 0. The number of carbonyl (C=O) groups excluding carboxylic acids is 1. The highest BCUT2D eigenvalue weighted by Crippen LogP contribution is 2.33. The molecule has 34 heavy (non-hydrogen) atoms. The van der Waals surface area contributed by atoms with Crippen molar-refractivity contribution in [2.45, 2.75) is 19.9 Å². The molecule has 2 aromatic heterocycles. The van der Waals surface area contributed by atoms with Crippen LogP contribution in [0, 0.1) is 5.41 Å². The van der Waals surface area contributed by atoms with Crippen molar-refractivity contribution in [1.29, 1.82) is 5.41 Å². The van der Waals surface area contributed by atoms with Crippen LogP contribution in [-0.4, -0.2) is 52.3 Å². The van der Waals surface area contributed by atoms with Gasteiger partial charge in [0.2, 0.25) is 0 Å². The van der Waals surface area contributed by atoms with E-state index >= 15 is 0 Å². The maximum Gasteiger partial charge on any atom is 0.261 e. The molecule has 3 heterocycles. The fraction of sp³-hybridized carbons (Fsp3) is 0.261. The Kier molecular flexibility index (Phi) is 6.44. The van der Waals surface area contributed by atoms with Crippen molar-refractivity contribution in [3.05, 3.63) is 59.8 Å². The monoisotopic (exact) mass is 462 g/mol. The number of rotatable bonds is 8. The van der Waals surface area contributed by atoms with E-state index in [1.54, 1.807) is 51.0 Å². The van der Waals surface area contributed by atoms with Gasteiger partial charge in [-0.15, -0.1) is 0 Å². The lowest BCUT2D eigenvalue weighted by Crippen LogP contribution is -2.41. The van der Waals surface area contributed by atoms with Crippen LogP contribution in [0.5, 0.6) is 11.5 Å². The molecule has 176 valence electrons. The zero-order valence-electron chi connectivity index (χ0n) is 19.3. The Morgan fingerprint density at radius 2 is 1.88 bits per heavy atom. The molecule has 1 aliphatic rings. The predicted molar refractivity (Wildman–Crippen MR) is 127 cm³/mol. The molecular formula is C23H26N8O3. The number of hydrogen-bond acceptors (Lipinski definition) is 9. The molecular weight excluding hydrogens is 436 g/mol. The Hall–Kier alpha value is -4.41. The lowest BCUT2D eigenvalue weighted by Gasteiger charge is -2.26. The molecule has 0 fully saturated rings. The van der Waals surface area contributed by atoms with E-state index in [1.807, 2.05) is 13.8 Å². The molecule has 11 nitrogen and oxygen atoms in total. The van der Waals surface area contributed by atoms with Gasteiger partial charge in [-0.3, -0.25) is 10.2 Å². The molecule has 3 aromatic rings. The van der Waals surface area contributed by atoms with Crippen LogP contribution in [-0.2, 0) is 4.79 Å². The molecule has 1 amide bonds. The molecule has 1 atom stereocenters. The van der Waals surface area contributed by atoms with Crippen LogP contribution in [0.3, 0.4) is 0 Å². The first-order valence-electron chi connectivity index (χ1n) is 10.7. The average molecular weight is 463 g/mol. The maximum atomic E-state index is 13.3. The van der Waals surface area contributed by atoms with Gasteiger partial charge in [-0.2, -0.15) is 0 Å². The minimum absolute atomic E-state index is 0.106. The lowest BCUT2D eigenvalue weighted by molar-refractivity contribution is -0.115.